The summed E-state index contributed by atoms with van der Waals surface area (Å²) in [4.78, 5) is 16.9. The van der Waals surface area contributed by atoms with Gasteiger partial charge in [-0.15, -0.1) is 6.42 Å². The summed E-state index contributed by atoms with van der Waals surface area (Å²) in [5.41, 5.74) is 4.05. The van der Waals surface area contributed by atoms with E-state index in [0.717, 1.165) is 32.5 Å². The van der Waals surface area contributed by atoms with Gasteiger partial charge in [0.25, 0.3) is 0 Å². The Hall–Kier alpha value is -2.45. The van der Waals surface area contributed by atoms with E-state index in [4.69, 9.17) is 6.42 Å². The number of carbonyl (C=O) groups is 1. The van der Waals surface area contributed by atoms with Crippen LogP contribution in [0.1, 0.15) is 37.3 Å². The van der Waals surface area contributed by atoms with Gasteiger partial charge < -0.3 is 19.7 Å². The Morgan fingerprint density at radius 1 is 1.36 bits per heavy atom. The van der Waals surface area contributed by atoms with E-state index in [1.165, 1.54) is 22.0 Å². The van der Waals surface area contributed by atoms with Crippen LogP contribution in [-0.4, -0.2) is 59.2 Å². The fraction of sp³-hybridized carbons (Fsp3) is 0.522. The summed E-state index contributed by atoms with van der Waals surface area (Å²) >= 11 is 0. The van der Waals surface area contributed by atoms with Crippen molar-refractivity contribution in [3.63, 3.8) is 0 Å². The quantitative estimate of drug-likeness (QED) is 0.831. The highest BCUT2D eigenvalue weighted by Gasteiger charge is 2.40. The summed E-state index contributed by atoms with van der Waals surface area (Å²) < 4.78 is 2.20. The van der Waals surface area contributed by atoms with Crippen molar-refractivity contribution in [1.29, 1.82) is 0 Å². The van der Waals surface area contributed by atoms with Crippen molar-refractivity contribution in [2.45, 2.75) is 51.2 Å². The maximum atomic E-state index is 12.6. The summed E-state index contributed by atoms with van der Waals surface area (Å²) in [6, 6.07) is 7.29. The van der Waals surface area contributed by atoms with Crippen LogP contribution in [0.5, 0.6) is 0 Å². The van der Waals surface area contributed by atoms with Crippen molar-refractivity contribution in [2.75, 3.05) is 26.7 Å². The highest BCUT2D eigenvalue weighted by Crippen LogP contribution is 2.43. The second-order valence-corrected chi connectivity index (χ2v) is 8.10. The first kappa shape index (κ1) is 18.9. The number of piperidine rings is 1. The van der Waals surface area contributed by atoms with Crippen molar-refractivity contribution >= 4 is 16.9 Å². The van der Waals surface area contributed by atoms with Gasteiger partial charge in [-0.05, 0) is 50.9 Å². The lowest BCUT2D eigenvalue weighted by atomic mass is 9.74. The van der Waals surface area contributed by atoms with Crippen molar-refractivity contribution < 1.29 is 4.79 Å². The van der Waals surface area contributed by atoms with Gasteiger partial charge in [0.15, 0.2) is 0 Å². The van der Waals surface area contributed by atoms with Gasteiger partial charge in [0.05, 0.1) is 6.54 Å². The average Bonchev–Trinajstić information content (AvgIpc) is 3.03. The molecule has 2 aromatic rings. The van der Waals surface area contributed by atoms with Crippen LogP contribution in [-0.2, 0) is 13.0 Å². The van der Waals surface area contributed by atoms with Crippen LogP contribution in [0.3, 0.4) is 0 Å². The van der Waals surface area contributed by atoms with E-state index >= 15 is 0 Å². The number of hydrogen-bond donors (Lipinski definition) is 1. The molecule has 148 valence electrons. The molecule has 0 bridgehead atoms. The number of fused-ring (bicyclic) bond motifs is 2. The third kappa shape index (κ3) is 3.06. The van der Waals surface area contributed by atoms with Gasteiger partial charge >= 0.3 is 6.03 Å². The van der Waals surface area contributed by atoms with Gasteiger partial charge in [0.2, 0.25) is 0 Å². The average molecular weight is 379 g/mol. The lowest BCUT2D eigenvalue weighted by Gasteiger charge is -2.45. The summed E-state index contributed by atoms with van der Waals surface area (Å²) in [7, 11) is 2.19. The molecule has 1 aromatic carbocycles. The third-order valence-corrected chi connectivity index (χ3v) is 6.56. The summed E-state index contributed by atoms with van der Waals surface area (Å²) in [6.45, 7) is 7.02. The summed E-state index contributed by atoms with van der Waals surface area (Å²) in [5, 5.41) is 4.66. The van der Waals surface area contributed by atoms with Crippen molar-refractivity contribution in [2.24, 2.45) is 0 Å². The number of nitrogens with one attached hydrogen (secondary N) is 1. The Kier molecular flexibility index (Phi) is 5.07. The zero-order valence-electron chi connectivity index (χ0n) is 17.1. The van der Waals surface area contributed by atoms with E-state index in [1.807, 2.05) is 18.7 Å². The number of likely N-dealkylation sites (tertiary alicyclic amines) is 1. The van der Waals surface area contributed by atoms with Crippen LogP contribution in [0.15, 0.2) is 24.4 Å². The van der Waals surface area contributed by atoms with Gasteiger partial charge in [-0.2, -0.15) is 0 Å². The van der Waals surface area contributed by atoms with Gasteiger partial charge in [-0.3, -0.25) is 0 Å². The molecule has 1 aliphatic heterocycles. The first-order valence-electron chi connectivity index (χ1n) is 10.4. The number of hydrogen-bond acceptors (Lipinski definition) is 2. The number of terminal acetylenes is 1. The number of amides is 2. The minimum Gasteiger partial charge on any atom is -0.336 e. The lowest BCUT2D eigenvalue weighted by Crippen LogP contribution is -2.56. The Morgan fingerprint density at radius 2 is 2.14 bits per heavy atom. The highest BCUT2D eigenvalue weighted by molar-refractivity contribution is 5.89. The number of likely N-dealkylation sites (N-methyl/N-ethyl adjacent to an activating group) is 1. The monoisotopic (exact) mass is 378 g/mol. The molecular formula is C23H30N4O. The molecular weight excluding hydrogens is 348 g/mol. The zero-order chi connectivity index (χ0) is 19.8. The first-order chi connectivity index (χ1) is 13.6. The molecule has 2 aliphatic rings. The second-order valence-electron chi connectivity index (χ2n) is 8.10. The molecule has 1 unspecified atom stereocenters. The summed E-state index contributed by atoms with van der Waals surface area (Å²) in [5.74, 6) is 3.20. The molecule has 1 aliphatic carbocycles. The Morgan fingerprint density at radius 3 is 2.86 bits per heavy atom. The molecule has 3 atom stereocenters. The van der Waals surface area contributed by atoms with Gasteiger partial charge in [-0.25, -0.2) is 4.79 Å². The van der Waals surface area contributed by atoms with Gasteiger partial charge in [0.1, 0.15) is 0 Å². The fourth-order valence-electron chi connectivity index (χ4n) is 5.23. The van der Waals surface area contributed by atoms with Crippen LogP contribution in [0.2, 0.25) is 0 Å². The maximum absolute atomic E-state index is 12.6. The molecule has 2 heterocycles. The smallest absolute Gasteiger partial charge is 0.317 e. The van der Waals surface area contributed by atoms with E-state index in [2.05, 4.69) is 52.1 Å². The topological polar surface area (TPSA) is 40.5 Å². The molecule has 1 aromatic heterocycles. The molecule has 1 saturated heterocycles. The molecule has 1 fully saturated rings. The van der Waals surface area contributed by atoms with Crippen LogP contribution >= 0.6 is 0 Å². The van der Waals surface area contributed by atoms with E-state index in [-0.39, 0.29) is 12.1 Å². The van der Waals surface area contributed by atoms with Crippen LogP contribution in [0.4, 0.5) is 4.79 Å². The van der Waals surface area contributed by atoms with E-state index in [9.17, 15) is 4.79 Å². The SMILES string of the molecule is C#CCn1cc2c3c(cccc31)C1C[C@@H](NC(=O)N(CC)CC)CN(C)[C@@H]1C2. The van der Waals surface area contributed by atoms with Crippen LogP contribution < -0.4 is 5.32 Å². The maximum Gasteiger partial charge on any atom is 0.317 e. The van der Waals surface area contributed by atoms with E-state index in [0.29, 0.717) is 18.5 Å². The van der Waals surface area contributed by atoms with Crippen molar-refractivity contribution in [3.05, 3.63) is 35.5 Å². The Bertz CT molecular complexity index is 921. The third-order valence-electron chi connectivity index (χ3n) is 6.56. The Labute approximate surface area is 167 Å². The standard InChI is InChI=1S/C23H30N4O/c1-5-11-27-14-16-12-21-19(18-9-8-10-20(27)22(16)18)13-17(15-25(21)4)24-23(28)26(6-2)7-3/h1,8-10,14,17,19,21H,6-7,11-13,15H2,2-4H3,(H,24,28)/t17-,19?,21-/m1/s1. The minimum absolute atomic E-state index is 0.0525. The molecule has 4 rings (SSSR count). The number of benzene rings is 1. The van der Waals surface area contributed by atoms with Crippen molar-refractivity contribution in [1.82, 2.24) is 19.7 Å². The van der Waals surface area contributed by atoms with E-state index < -0.39 is 0 Å². The number of rotatable bonds is 4. The number of nitrogens with zero attached hydrogens (tertiary/aromatic N) is 3. The molecule has 0 spiro atoms. The van der Waals surface area contributed by atoms with Gasteiger partial charge in [0, 0.05) is 54.7 Å². The number of urea groups is 1. The largest absolute Gasteiger partial charge is 0.336 e. The molecule has 0 saturated carbocycles. The molecule has 0 radical (unpaired) electrons. The fourth-order valence-corrected chi connectivity index (χ4v) is 5.23. The predicted molar refractivity (Wildman–Crippen MR) is 113 cm³/mol. The normalized spacial score (nSPS) is 23.9. The second kappa shape index (κ2) is 7.52. The van der Waals surface area contributed by atoms with Crippen molar-refractivity contribution in [3.8, 4) is 12.3 Å². The predicted octanol–water partition coefficient (Wildman–Crippen LogP) is 3.04. The molecule has 1 N–H and O–H groups in total. The Balaban J connectivity index is 1.64. The molecule has 28 heavy (non-hydrogen) atoms. The van der Waals surface area contributed by atoms with Gasteiger partial charge in [-0.1, -0.05) is 18.1 Å². The number of aromatic nitrogens is 1. The first-order valence-corrected chi connectivity index (χ1v) is 10.4. The lowest BCUT2D eigenvalue weighted by molar-refractivity contribution is 0.124. The molecule has 5 heteroatoms. The zero-order valence-corrected chi connectivity index (χ0v) is 17.1. The van der Waals surface area contributed by atoms with Crippen LogP contribution in [0.25, 0.3) is 10.9 Å². The minimum atomic E-state index is 0.0525. The molecule has 5 nitrogen and oxygen atoms in total. The molecule has 2 amide bonds. The summed E-state index contributed by atoms with van der Waals surface area (Å²) in [6.07, 6.45) is 9.86. The van der Waals surface area contributed by atoms with E-state index in [1.54, 1.807) is 0 Å². The number of carbonyl (C=O) groups excluding carboxylic acids is 1. The van der Waals surface area contributed by atoms with Crippen LogP contribution in [0, 0.1) is 12.3 Å². The highest BCUT2D eigenvalue weighted by atomic mass is 16.2.